The molecule has 1 aromatic carbocycles. The van der Waals surface area contributed by atoms with Gasteiger partial charge in [-0.25, -0.2) is 0 Å². The Labute approximate surface area is 103 Å². The smallest absolute Gasteiger partial charge is 0.251 e. The van der Waals surface area contributed by atoms with Crippen LogP contribution in [0.1, 0.15) is 49.0 Å². The van der Waals surface area contributed by atoms with Gasteiger partial charge in [0, 0.05) is 18.2 Å². The van der Waals surface area contributed by atoms with E-state index in [1.165, 1.54) is 5.56 Å². The average molecular weight is 234 g/mol. The third-order valence-corrected chi connectivity index (χ3v) is 2.95. The van der Waals surface area contributed by atoms with Crippen LogP contribution in [-0.4, -0.2) is 18.5 Å². The molecule has 1 amide bonds. The number of nitrogens with two attached hydrogens (primary N) is 1. The van der Waals surface area contributed by atoms with Crippen molar-refractivity contribution in [1.29, 1.82) is 0 Å². The predicted molar refractivity (Wildman–Crippen MR) is 71.1 cm³/mol. The Morgan fingerprint density at radius 1 is 1.29 bits per heavy atom. The lowest BCUT2D eigenvalue weighted by molar-refractivity contribution is 0.0937. The highest BCUT2D eigenvalue weighted by Gasteiger charge is 2.10. The summed E-state index contributed by atoms with van der Waals surface area (Å²) in [4.78, 5) is 11.9. The minimum absolute atomic E-state index is 0.0439. The number of carbonyl (C=O) groups is 1. The van der Waals surface area contributed by atoms with E-state index in [1.54, 1.807) is 0 Å². The summed E-state index contributed by atoms with van der Waals surface area (Å²) in [5.41, 5.74) is 7.50. The highest BCUT2D eigenvalue weighted by Crippen LogP contribution is 2.14. The van der Waals surface area contributed by atoms with Crippen molar-refractivity contribution in [3.63, 3.8) is 0 Å². The van der Waals surface area contributed by atoms with Crippen LogP contribution in [0.3, 0.4) is 0 Å². The van der Waals surface area contributed by atoms with Crippen LogP contribution in [0, 0.1) is 0 Å². The maximum absolute atomic E-state index is 11.9. The first-order chi connectivity index (χ1) is 8.08. The second kappa shape index (κ2) is 6.40. The van der Waals surface area contributed by atoms with Crippen LogP contribution >= 0.6 is 0 Å². The van der Waals surface area contributed by atoms with Crippen LogP contribution in [0.2, 0.25) is 0 Å². The molecule has 0 aliphatic heterocycles. The summed E-state index contributed by atoms with van der Waals surface area (Å²) in [5.74, 6) is 0.442. The Morgan fingerprint density at radius 3 is 2.29 bits per heavy atom. The summed E-state index contributed by atoms with van der Waals surface area (Å²) in [6.45, 7) is 6.76. The molecule has 1 unspecified atom stereocenters. The van der Waals surface area contributed by atoms with Gasteiger partial charge >= 0.3 is 0 Å². The van der Waals surface area contributed by atoms with Gasteiger partial charge in [0.15, 0.2) is 0 Å². The van der Waals surface area contributed by atoms with E-state index < -0.39 is 0 Å². The lowest BCUT2D eigenvalue weighted by atomic mass is 10.0. The Balaban J connectivity index is 2.69. The van der Waals surface area contributed by atoms with Crippen molar-refractivity contribution in [1.82, 2.24) is 5.32 Å². The quantitative estimate of drug-likeness (QED) is 0.821. The van der Waals surface area contributed by atoms with Crippen molar-refractivity contribution in [3.05, 3.63) is 35.4 Å². The van der Waals surface area contributed by atoms with Gasteiger partial charge in [-0.05, 0) is 30.0 Å². The summed E-state index contributed by atoms with van der Waals surface area (Å²) >= 11 is 0. The molecule has 3 nitrogen and oxygen atoms in total. The minimum atomic E-state index is -0.0439. The van der Waals surface area contributed by atoms with E-state index in [0.29, 0.717) is 18.0 Å². The maximum atomic E-state index is 11.9. The molecule has 0 spiro atoms. The van der Waals surface area contributed by atoms with Crippen LogP contribution < -0.4 is 11.1 Å². The Hall–Kier alpha value is -1.35. The van der Waals surface area contributed by atoms with Crippen LogP contribution in [-0.2, 0) is 0 Å². The molecule has 0 fully saturated rings. The summed E-state index contributed by atoms with van der Waals surface area (Å²) < 4.78 is 0. The second-order valence-electron chi connectivity index (χ2n) is 4.59. The van der Waals surface area contributed by atoms with Crippen molar-refractivity contribution in [2.24, 2.45) is 5.73 Å². The van der Waals surface area contributed by atoms with Crippen LogP contribution in [0.4, 0.5) is 0 Å². The highest BCUT2D eigenvalue weighted by molar-refractivity contribution is 5.94. The molecule has 0 saturated heterocycles. The topological polar surface area (TPSA) is 55.1 Å². The normalized spacial score (nSPS) is 12.5. The Kier molecular flexibility index (Phi) is 5.16. The summed E-state index contributed by atoms with van der Waals surface area (Å²) in [7, 11) is 0. The molecule has 0 radical (unpaired) electrons. The van der Waals surface area contributed by atoms with E-state index >= 15 is 0 Å². The molecule has 0 aliphatic rings. The molecule has 0 aliphatic carbocycles. The van der Waals surface area contributed by atoms with Crippen molar-refractivity contribution in [2.75, 3.05) is 6.54 Å². The van der Waals surface area contributed by atoms with Gasteiger partial charge in [0.1, 0.15) is 0 Å². The van der Waals surface area contributed by atoms with Crippen molar-refractivity contribution < 1.29 is 4.79 Å². The fourth-order valence-corrected chi connectivity index (χ4v) is 1.62. The first kappa shape index (κ1) is 13.7. The first-order valence-corrected chi connectivity index (χ1v) is 6.19. The molecule has 94 valence electrons. The van der Waals surface area contributed by atoms with E-state index in [9.17, 15) is 4.79 Å². The van der Waals surface area contributed by atoms with E-state index in [2.05, 4.69) is 19.2 Å². The fourth-order valence-electron chi connectivity index (χ4n) is 1.62. The van der Waals surface area contributed by atoms with Gasteiger partial charge in [-0.1, -0.05) is 32.9 Å². The van der Waals surface area contributed by atoms with Crippen LogP contribution in [0.25, 0.3) is 0 Å². The predicted octanol–water partition coefficient (Wildman–Crippen LogP) is 2.28. The molecule has 0 bridgehead atoms. The maximum Gasteiger partial charge on any atom is 0.251 e. The van der Waals surface area contributed by atoms with Gasteiger partial charge in [0.05, 0.1) is 0 Å². The van der Waals surface area contributed by atoms with Crippen LogP contribution in [0.15, 0.2) is 24.3 Å². The molecular weight excluding hydrogens is 212 g/mol. The third kappa shape index (κ3) is 3.86. The van der Waals surface area contributed by atoms with E-state index in [4.69, 9.17) is 5.73 Å². The van der Waals surface area contributed by atoms with Crippen molar-refractivity contribution >= 4 is 5.91 Å². The largest absolute Gasteiger partial charge is 0.348 e. The number of nitrogens with one attached hydrogen (secondary N) is 1. The van der Waals surface area contributed by atoms with Crippen LogP contribution in [0.5, 0.6) is 0 Å². The van der Waals surface area contributed by atoms with Gasteiger partial charge in [-0.2, -0.15) is 0 Å². The number of hydrogen-bond acceptors (Lipinski definition) is 2. The fraction of sp³-hybridized carbons (Fsp3) is 0.500. The summed E-state index contributed by atoms with van der Waals surface area (Å²) in [6.07, 6.45) is 0.853. The summed E-state index contributed by atoms with van der Waals surface area (Å²) in [6, 6.07) is 7.81. The number of hydrogen-bond donors (Lipinski definition) is 2. The average Bonchev–Trinajstić information content (AvgIpc) is 2.35. The molecule has 1 aromatic rings. The molecule has 0 aromatic heterocycles. The van der Waals surface area contributed by atoms with E-state index in [-0.39, 0.29) is 11.9 Å². The zero-order chi connectivity index (χ0) is 12.8. The number of carbonyl (C=O) groups excluding carboxylic acids is 1. The zero-order valence-corrected chi connectivity index (χ0v) is 10.9. The molecular formula is C14H22N2O. The summed E-state index contributed by atoms with van der Waals surface area (Å²) in [5, 5.41) is 2.92. The molecule has 17 heavy (non-hydrogen) atoms. The molecule has 3 heteroatoms. The van der Waals surface area contributed by atoms with E-state index in [0.717, 1.165) is 6.42 Å². The third-order valence-electron chi connectivity index (χ3n) is 2.95. The van der Waals surface area contributed by atoms with Gasteiger partial charge in [-0.15, -0.1) is 0 Å². The SMILES string of the molecule is CCC(CN)NC(=O)c1ccc(C(C)C)cc1. The first-order valence-electron chi connectivity index (χ1n) is 6.19. The van der Waals surface area contributed by atoms with Gasteiger partial charge in [0.25, 0.3) is 5.91 Å². The Bertz CT molecular complexity index is 353. The second-order valence-corrected chi connectivity index (χ2v) is 4.59. The molecule has 1 rings (SSSR count). The Morgan fingerprint density at radius 2 is 1.88 bits per heavy atom. The van der Waals surface area contributed by atoms with Gasteiger partial charge < -0.3 is 11.1 Å². The monoisotopic (exact) mass is 234 g/mol. The van der Waals surface area contributed by atoms with E-state index in [1.807, 2.05) is 31.2 Å². The number of rotatable bonds is 5. The minimum Gasteiger partial charge on any atom is -0.348 e. The lowest BCUT2D eigenvalue weighted by Crippen LogP contribution is -2.39. The van der Waals surface area contributed by atoms with Gasteiger partial charge in [-0.3, -0.25) is 4.79 Å². The molecule has 0 heterocycles. The standard InChI is InChI=1S/C14H22N2O/c1-4-13(9-15)16-14(17)12-7-5-11(6-8-12)10(2)3/h5-8,10,13H,4,9,15H2,1-3H3,(H,16,17). The van der Waals surface area contributed by atoms with Crippen molar-refractivity contribution in [3.8, 4) is 0 Å². The van der Waals surface area contributed by atoms with Crippen molar-refractivity contribution in [2.45, 2.75) is 39.2 Å². The molecule has 1 atom stereocenters. The number of amides is 1. The van der Waals surface area contributed by atoms with Gasteiger partial charge in [0.2, 0.25) is 0 Å². The number of benzene rings is 1. The molecule has 0 saturated carbocycles. The highest BCUT2D eigenvalue weighted by atomic mass is 16.1. The lowest BCUT2D eigenvalue weighted by Gasteiger charge is -2.14. The molecule has 3 N–H and O–H groups in total. The zero-order valence-electron chi connectivity index (χ0n) is 10.9.